The Labute approximate surface area is 117 Å². The van der Waals surface area contributed by atoms with E-state index in [1.165, 1.54) is 5.56 Å². The van der Waals surface area contributed by atoms with Gasteiger partial charge in [0.25, 0.3) is 0 Å². The van der Waals surface area contributed by atoms with E-state index in [2.05, 4.69) is 22.3 Å². The van der Waals surface area contributed by atoms with E-state index >= 15 is 0 Å². The second-order valence-electron chi connectivity index (χ2n) is 4.95. The molecule has 0 saturated carbocycles. The SMILES string of the molecule is COc1ccc(CCc2nc([C@H]3CCOC3)no2)cc1. The fourth-order valence-electron chi connectivity index (χ4n) is 2.32. The van der Waals surface area contributed by atoms with Gasteiger partial charge in [-0.3, -0.25) is 0 Å². The molecule has 5 nitrogen and oxygen atoms in total. The van der Waals surface area contributed by atoms with Gasteiger partial charge in [-0.2, -0.15) is 4.98 Å². The van der Waals surface area contributed by atoms with E-state index < -0.39 is 0 Å². The smallest absolute Gasteiger partial charge is 0.226 e. The molecule has 1 aliphatic heterocycles. The summed E-state index contributed by atoms with van der Waals surface area (Å²) >= 11 is 0. The van der Waals surface area contributed by atoms with Gasteiger partial charge < -0.3 is 14.0 Å². The van der Waals surface area contributed by atoms with Crippen LogP contribution >= 0.6 is 0 Å². The van der Waals surface area contributed by atoms with E-state index in [1.54, 1.807) is 7.11 Å². The number of nitrogens with zero attached hydrogens (tertiary/aromatic N) is 2. The first-order valence-corrected chi connectivity index (χ1v) is 6.88. The van der Waals surface area contributed by atoms with E-state index in [4.69, 9.17) is 14.0 Å². The number of aromatic nitrogens is 2. The number of hydrogen-bond acceptors (Lipinski definition) is 5. The van der Waals surface area contributed by atoms with Gasteiger partial charge in [0.05, 0.1) is 13.7 Å². The summed E-state index contributed by atoms with van der Waals surface area (Å²) in [7, 11) is 1.67. The Bertz CT molecular complexity index is 545. The van der Waals surface area contributed by atoms with Gasteiger partial charge in [-0.1, -0.05) is 17.3 Å². The van der Waals surface area contributed by atoms with Gasteiger partial charge in [0.15, 0.2) is 5.82 Å². The number of methoxy groups -OCH3 is 1. The van der Waals surface area contributed by atoms with Gasteiger partial charge in [-0.15, -0.1) is 0 Å². The molecule has 0 spiro atoms. The molecule has 3 rings (SSSR count). The summed E-state index contributed by atoms with van der Waals surface area (Å²) < 4.78 is 15.8. The fourth-order valence-corrected chi connectivity index (χ4v) is 2.32. The van der Waals surface area contributed by atoms with Gasteiger partial charge in [-0.05, 0) is 30.5 Å². The van der Waals surface area contributed by atoms with E-state index in [9.17, 15) is 0 Å². The van der Waals surface area contributed by atoms with Crippen LogP contribution in [0.3, 0.4) is 0 Å². The molecule has 0 amide bonds. The second-order valence-corrected chi connectivity index (χ2v) is 4.95. The Morgan fingerprint density at radius 1 is 1.25 bits per heavy atom. The highest BCUT2D eigenvalue weighted by atomic mass is 16.5. The molecule has 2 aromatic rings. The number of ether oxygens (including phenoxy) is 2. The first-order valence-electron chi connectivity index (χ1n) is 6.88. The molecule has 1 atom stereocenters. The van der Waals surface area contributed by atoms with Gasteiger partial charge >= 0.3 is 0 Å². The zero-order chi connectivity index (χ0) is 13.8. The average Bonchev–Trinajstić information content (AvgIpc) is 3.16. The lowest BCUT2D eigenvalue weighted by Gasteiger charge is -2.01. The molecular weight excluding hydrogens is 256 g/mol. The van der Waals surface area contributed by atoms with E-state index in [0.29, 0.717) is 18.4 Å². The van der Waals surface area contributed by atoms with Crippen molar-refractivity contribution in [1.29, 1.82) is 0 Å². The van der Waals surface area contributed by atoms with Crippen molar-refractivity contribution < 1.29 is 14.0 Å². The van der Waals surface area contributed by atoms with Gasteiger partial charge in [0.1, 0.15) is 5.75 Å². The second kappa shape index (κ2) is 6.05. The average molecular weight is 274 g/mol. The third-order valence-corrected chi connectivity index (χ3v) is 3.57. The van der Waals surface area contributed by atoms with Crippen LogP contribution in [0, 0.1) is 0 Å². The first-order chi connectivity index (χ1) is 9.85. The molecule has 0 bridgehead atoms. The van der Waals surface area contributed by atoms with Crippen molar-refractivity contribution in [2.24, 2.45) is 0 Å². The Hall–Kier alpha value is -1.88. The number of aryl methyl sites for hydroxylation is 2. The number of hydrogen-bond donors (Lipinski definition) is 0. The molecule has 0 radical (unpaired) electrons. The van der Waals surface area contributed by atoms with Crippen LogP contribution in [0.15, 0.2) is 28.8 Å². The molecule has 1 fully saturated rings. The normalized spacial score (nSPS) is 18.4. The van der Waals surface area contributed by atoms with Crippen LogP contribution in [0.25, 0.3) is 0 Å². The lowest BCUT2D eigenvalue weighted by Crippen LogP contribution is -2.00. The van der Waals surface area contributed by atoms with E-state index in [-0.39, 0.29) is 0 Å². The highest BCUT2D eigenvalue weighted by Gasteiger charge is 2.22. The monoisotopic (exact) mass is 274 g/mol. The zero-order valence-electron chi connectivity index (χ0n) is 11.5. The highest BCUT2D eigenvalue weighted by Crippen LogP contribution is 2.22. The largest absolute Gasteiger partial charge is 0.497 e. The van der Waals surface area contributed by atoms with Crippen molar-refractivity contribution in [1.82, 2.24) is 10.1 Å². The summed E-state index contributed by atoms with van der Waals surface area (Å²) in [6.45, 7) is 1.50. The Kier molecular flexibility index (Phi) is 3.97. The van der Waals surface area contributed by atoms with Gasteiger partial charge in [0.2, 0.25) is 5.89 Å². The van der Waals surface area contributed by atoms with Crippen molar-refractivity contribution in [3.05, 3.63) is 41.5 Å². The third kappa shape index (κ3) is 2.99. The molecule has 1 aliphatic rings. The lowest BCUT2D eigenvalue weighted by atomic mass is 10.1. The van der Waals surface area contributed by atoms with Crippen molar-refractivity contribution >= 4 is 0 Å². The van der Waals surface area contributed by atoms with Crippen LogP contribution < -0.4 is 4.74 Å². The Morgan fingerprint density at radius 2 is 2.10 bits per heavy atom. The van der Waals surface area contributed by atoms with Crippen LogP contribution in [0.5, 0.6) is 5.75 Å². The molecular formula is C15H18N2O3. The quantitative estimate of drug-likeness (QED) is 0.837. The maximum Gasteiger partial charge on any atom is 0.226 e. The maximum atomic E-state index is 5.34. The number of rotatable bonds is 5. The molecule has 5 heteroatoms. The molecule has 0 aliphatic carbocycles. The predicted octanol–water partition coefficient (Wildman–Crippen LogP) is 2.37. The Balaban J connectivity index is 1.57. The lowest BCUT2D eigenvalue weighted by molar-refractivity contribution is 0.192. The third-order valence-electron chi connectivity index (χ3n) is 3.57. The minimum Gasteiger partial charge on any atom is -0.497 e. The first kappa shape index (κ1) is 13.1. The summed E-state index contributed by atoms with van der Waals surface area (Å²) in [5, 5.41) is 4.05. The Morgan fingerprint density at radius 3 is 2.80 bits per heavy atom. The summed E-state index contributed by atoms with van der Waals surface area (Å²) in [4.78, 5) is 4.46. The van der Waals surface area contributed by atoms with Gasteiger partial charge in [-0.25, -0.2) is 0 Å². The summed E-state index contributed by atoms with van der Waals surface area (Å²) in [5.41, 5.74) is 1.23. The van der Waals surface area contributed by atoms with E-state index in [1.807, 2.05) is 12.1 Å². The topological polar surface area (TPSA) is 57.4 Å². The molecule has 1 aromatic heterocycles. The molecule has 106 valence electrons. The molecule has 1 aromatic carbocycles. The number of benzene rings is 1. The van der Waals surface area contributed by atoms with Crippen LogP contribution in [0.2, 0.25) is 0 Å². The maximum absolute atomic E-state index is 5.34. The summed E-state index contributed by atoms with van der Waals surface area (Å²) in [6.07, 6.45) is 2.62. The zero-order valence-corrected chi connectivity index (χ0v) is 11.5. The van der Waals surface area contributed by atoms with E-state index in [0.717, 1.165) is 37.4 Å². The fraction of sp³-hybridized carbons (Fsp3) is 0.467. The molecule has 0 N–H and O–H groups in total. The molecule has 20 heavy (non-hydrogen) atoms. The van der Waals surface area contributed by atoms with Crippen LogP contribution in [0.4, 0.5) is 0 Å². The highest BCUT2D eigenvalue weighted by molar-refractivity contribution is 5.27. The van der Waals surface area contributed by atoms with Crippen molar-refractivity contribution in [2.75, 3.05) is 20.3 Å². The van der Waals surface area contributed by atoms with Crippen molar-refractivity contribution in [3.8, 4) is 5.75 Å². The standard InChI is InChI=1S/C15H18N2O3/c1-18-13-5-2-11(3-6-13)4-7-14-16-15(17-20-14)12-8-9-19-10-12/h2-3,5-6,12H,4,7-10H2,1H3/t12-/m0/s1. The van der Waals surface area contributed by atoms with Crippen molar-refractivity contribution in [3.63, 3.8) is 0 Å². The van der Waals surface area contributed by atoms with Crippen LogP contribution in [-0.2, 0) is 17.6 Å². The van der Waals surface area contributed by atoms with Gasteiger partial charge in [0, 0.05) is 18.9 Å². The molecule has 0 unspecified atom stereocenters. The molecule has 1 saturated heterocycles. The predicted molar refractivity (Wildman–Crippen MR) is 72.9 cm³/mol. The van der Waals surface area contributed by atoms with Crippen LogP contribution in [0.1, 0.15) is 29.6 Å². The van der Waals surface area contributed by atoms with Crippen molar-refractivity contribution in [2.45, 2.75) is 25.2 Å². The van der Waals surface area contributed by atoms with Crippen LogP contribution in [-0.4, -0.2) is 30.5 Å². The minimum absolute atomic E-state index is 0.300. The minimum atomic E-state index is 0.300. The summed E-state index contributed by atoms with van der Waals surface area (Å²) in [6, 6.07) is 8.04. The summed E-state index contributed by atoms with van der Waals surface area (Å²) in [5.74, 6) is 2.65. The molecule has 2 heterocycles.